The number of pyridine rings is 1. The number of thiophene rings is 1. The fraction of sp³-hybridized carbons (Fsp3) is 0.357. The van der Waals surface area contributed by atoms with Gasteiger partial charge in [0.05, 0.1) is 4.34 Å². The number of fused-ring (bicyclic) bond motifs is 1. The summed E-state index contributed by atoms with van der Waals surface area (Å²) in [5, 5.41) is 3.67. The van der Waals surface area contributed by atoms with Gasteiger partial charge in [-0.3, -0.25) is 4.98 Å². The molecule has 1 N–H and O–H groups in total. The number of nitrogens with zero attached hydrogens (tertiary/aromatic N) is 1. The molecule has 0 aromatic carbocycles. The molecule has 1 aliphatic carbocycles. The zero-order valence-corrected chi connectivity index (χ0v) is 11.8. The molecule has 4 heteroatoms. The third-order valence-electron chi connectivity index (χ3n) is 3.48. The predicted octanol–water partition coefficient (Wildman–Crippen LogP) is 4.13. The van der Waals surface area contributed by atoms with Gasteiger partial charge in [-0.15, -0.1) is 11.3 Å². The van der Waals surface area contributed by atoms with Crippen molar-refractivity contribution in [3.8, 4) is 0 Å². The first-order valence-corrected chi connectivity index (χ1v) is 7.37. The van der Waals surface area contributed by atoms with Crippen LogP contribution < -0.4 is 5.32 Å². The van der Waals surface area contributed by atoms with Gasteiger partial charge in [0, 0.05) is 29.4 Å². The third-order valence-corrected chi connectivity index (χ3v) is 4.82. The molecule has 0 aliphatic heterocycles. The van der Waals surface area contributed by atoms with Crippen LogP contribution in [0.3, 0.4) is 0 Å². The van der Waals surface area contributed by atoms with Crippen molar-refractivity contribution >= 4 is 22.9 Å². The fourth-order valence-corrected chi connectivity index (χ4v) is 3.89. The minimum Gasteiger partial charge on any atom is -0.303 e. The zero-order valence-electron chi connectivity index (χ0n) is 10.2. The van der Waals surface area contributed by atoms with Crippen LogP contribution >= 0.6 is 22.9 Å². The van der Waals surface area contributed by atoms with Gasteiger partial charge < -0.3 is 5.32 Å². The van der Waals surface area contributed by atoms with Crippen molar-refractivity contribution < 1.29 is 0 Å². The Morgan fingerprint density at radius 3 is 3.22 bits per heavy atom. The SMILES string of the molecule is C[C@@H](NC1CCc2sc(Cl)cc21)c1cccnc1. The van der Waals surface area contributed by atoms with E-state index >= 15 is 0 Å². The van der Waals surface area contributed by atoms with Crippen LogP contribution in [0.2, 0.25) is 4.34 Å². The Kier molecular flexibility index (Phi) is 3.37. The van der Waals surface area contributed by atoms with Crippen LogP contribution in [0.25, 0.3) is 0 Å². The minimum absolute atomic E-state index is 0.313. The second-order valence-corrected chi connectivity index (χ2v) is 6.46. The summed E-state index contributed by atoms with van der Waals surface area (Å²) in [6.07, 6.45) is 6.05. The highest BCUT2D eigenvalue weighted by Gasteiger charge is 2.26. The van der Waals surface area contributed by atoms with Gasteiger partial charge in [-0.05, 0) is 43.0 Å². The summed E-state index contributed by atoms with van der Waals surface area (Å²) < 4.78 is 0.903. The molecule has 2 nitrogen and oxygen atoms in total. The second kappa shape index (κ2) is 5.00. The molecule has 1 unspecified atom stereocenters. The van der Waals surface area contributed by atoms with Gasteiger partial charge in [0.2, 0.25) is 0 Å². The molecular weight excluding hydrogens is 264 g/mol. The van der Waals surface area contributed by atoms with Crippen molar-refractivity contribution in [2.24, 2.45) is 0 Å². The molecule has 3 rings (SSSR count). The topological polar surface area (TPSA) is 24.9 Å². The summed E-state index contributed by atoms with van der Waals surface area (Å²) >= 11 is 7.79. The van der Waals surface area contributed by atoms with Crippen molar-refractivity contribution in [3.63, 3.8) is 0 Å². The highest BCUT2D eigenvalue weighted by Crippen LogP contribution is 2.40. The van der Waals surface area contributed by atoms with E-state index in [0.29, 0.717) is 12.1 Å². The van der Waals surface area contributed by atoms with Crippen molar-refractivity contribution in [2.75, 3.05) is 0 Å². The molecule has 2 atom stereocenters. The van der Waals surface area contributed by atoms with E-state index in [9.17, 15) is 0 Å². The van der Waals surface area contributed by atoms with Gasteiger partial charge >= 0.3 is 0 Å². The summed E-state index contributed by atoms with van der Waals surface area (Å²) in [5.74, 6) is 0. The van der Waals surface area contributed by atoms with Gasteiger partial charge in [-0.1, -0.05) is 17.7 Å². The van der Waals surface area contributed by atoms with E-state index in [2.05, 4.69) is 29.4 Å². The van der Waals surface area contributed by atoms with E-state index in [4.69, 9.17) is 11.6 Å². The molecule has 94 valence electrons. The summed E-state index contributed by atoms with van der Waals surface area (Å²) in [6, 6.07) is 6.95. The van der Waals surface area contributed by atoms with Crippen LogP contribution in [0, 0.1) is 0 Å². The summed E-state index contributed by atoms with van der Waals surface area (Å²) in [4.78, 5) is 5.61. The van der Waals surface area contributed by atoms with Gasteiger partial charge in [0.15, 0.2) is 0 Å². The number of hydrogen-bond acceptors (Lipinski definition) is 3. The lowest BCUT2D eigenvalue weighted by atomic mass is 10.1. The minimum atomic E-state index is 0.313. The Labute approximate surface area is 116 Å². The van der Waals surface area contributed by atoms with Crippen LogP contribution in [0.4, 0.5) is 0 Å². The summed E-state index contributed by atoms with van der Waals surface area (Å²) in [5.41, 5.74) is 2.62. The van der Waals surface area contributed by atoms with E-state index in [0.717, 1.165) is 10.8 Å². The fourth-order valence-electron chi connectivity index (χ4n) is 2.53. The van der Waals surface area contributed by atoms with Gasteiger partial charge in [-0.25, -0.2) is 0 Å². The van der Waals surface area contributed by atoms with Gasteiger partial charge in [-0.2, -0.15) is 0 Å². The molecule has 18 heavy (non-hydrogen) atoms. The molecular formula is C14H15ClN2S. The lowest BCUT2D eigenvalue weighted by Crippen LogP contribution is -2.22. The Balaban J connectivity index is 1.75. The van der Waals surface area contributed by atoms with Crippen LogP contribution in [0.5, 0.6) is 0 Å². The second-order valence-electron chi connectivity index (χ2n) is 4.70. The van der Waals surface area contributed by atoms with Crippen LogP contribution in [0.1, 0.15) is 41.4 Å². The van der Waals surface area contributed by atoms with Gasteiger partial charge in [0.1, 0.15) is 0 Å². The maximum atomic E-state index is 6.08. The molecule has 2 heterocycles. The van der Waals surface area contributed by atoms with E-state index in [1.54, 1.807) is 11.3 Å². The Hall–Kier alpha value is -0.900. The quantitative estimate of drug-likeness (QED) is 0.913. The Morgan fingerprint density at radius 2 is 2.44 bits per heavy atom. The largest absolute Gasteiger partial charge is 0.303 e. The summed E-state index contributed by atoms with van der Waals surface area (Å²) in [7, 11) is 0. The molecule has 0 saturated carbocycles. The number of rotatable bonds is 3. The van der Waals surface area contributed by atoms with Crippen molar-refractivity contribution in [1.29, 1.82) is 0 Å². The smallest absolute Gasteiger partial charge is 0.0934 e. The number of aromatic nitrogens is 1. The highest BCUT2D eigenvalue weighted by atomic mass is 35.5. The maximum Gasteiger partial charge on any atom is 0.0934 e. The highest BCUT2D eigenvalue weighted by molar-refractivity contribution is 7.16. The van der Waals surface area contributed by atoms with Gasteiger partial charge in [0.25, 0.3) is 0 Å². The van der Waals surface area contributed by atoms with Crippen molar-refractivity contribution in [3.05, 3.63) is 50.9 Å². The van der Waals surface area contributed by atoms with E-state index < -0.39 is 0 Å². The molecule has 0 radical (unpaired) electrons. The van der Waals surface area contributed by atoms with Crippen molar-refractivity contribution in [1.82, 2.24) is 10.3 Å². The number of aryl methyl sites for hydroxylation is 1. The normalized spacial score (nSPS) is 19.8. The lowest BCUT2D eigenvalue weighted by molar-refractivity contribution is 0.464. The Bertz CT molecular complexity index is 538. The first kappa shape index (κ1) is 12.2. The standard InChI is InChI=1S/C14H15ClN2S/c1-9(10-3-2-6-16-8-10)17-12-4-5-13-11(12)7-14(15)18-13/h2-3,6-9,12,17H,4-5H2,1H3/t9-,12?/m1/s1. The molecule has 1 aliphatic rings. The van der Waals surface area contributed by atoms with Crippen LogP contribution in [-0.4, -0.2) is 4.98 Å². The average Bonchev–Trinajstić information content (AvgIpc) is 2.91. The molecule has 0 bridgehead atoms. The monoisotopic (exact) mass is 278 g/mol. The average molecular weight is 279 g/mol. The number of hydrogen-bond donors (Lipinski definition) is 1. The number of nitrogens with one attached hydrogen (secondary N) is 1. The molecule has 0 fully saturated rings. The Morgan fingerprint density at radius 1 is 1.56 bits per heavy atom. The molecule has 0 saturated heterocycles. The molecule has 0 spiro atoms. The van der Waals surface area contributed by atoms with E-state index in [1.807, 2.05) is 18.5 Å². The first-order valence-electron chi connectivity index (χ1n) is 6.18. The lowest BCUT2D eigenvalue weighted by Gasteiger charge is -2.19. The predicted molar refractivity (Wildman–Crippen MR) is 76.2 cm³/mol. The maximum absolute atomic E-state index is 6.08. The molecule has 0 amide bonds. The first-order chi connectivity index (χ1) is 8.74. The number of halogens is 1. The van der Waals surface area contributed by atoms with Crippen molar-refractivity contribution in [2.45, 2.75) is 31.8 Å². The third kappa shape index (κ3) is 2.30. The van der Waals surface area contributed by atoms with Crippen LogP contribution in [0.15, 0.2) is 30.6 Å². The van der Waals surface area contributed by atoms with E-state index in [1.165, 1.54) is 22.4 Å². The summed E-state index contributed by atoms with van der Waals surface area (Å²) in [6.45, 7) is 2.18. The zero-order chi connectivity index (χ0) is 12.5. The van der Waals surface area contributed by atoms with Crippen LogP contribution in [-0.2, 0) is 6.42 Å². The molecule has 2 aromatic heterocycles. The van der Waals surface area contributed by atoms with E-state index in [-0.39, 0.29) is 0 Å². The molecule has 2 aromatic rings.